The molecule has 0 unspecified atom stereocenters. The van der Waals surface area contributed by atoms with Gasteiger partial charge in [-0.25, -0.2) is 0 Å². The molecule has 1 saturated heterocycles. The second kappa shape index (κ2) is 5.19. The Hall–Kier alpha value is -0.250. The van der Waals surface area contributed by atoms with Crippen molar-refractivity contribution in [3.05, 3.63) is 27.7 Å². The number of hydrogen-bond acceptors (Lipinski definition) is 2. The van der Waals surface area contributed by atoms with Crippen molar-refractivity contribution >= 4 is 27.5 Å². The molecule has 0 bridgehead atoms. The summed E-state index contributed by atoms with van der Waals surface area (Å²) >= 11 is 9.47. The molecule has 0 spiro atoms. The first-order valence-electron chi connectivity index (χ1n) is 5.05. The molecule has 1 aromatic rings. The molecule has 0 saturated carbocycles. The van der Waals surface area contributed by atoms with Gasteiger partial charge < -0.3 is 10.1 Å². The van der Waals surface area contributed by atoms with Crippen LogP contribution in [0.4, 0.5) is 0 Å². The van der Waals surface area contributed by atoms with E-state index in [9.17, 15) is 0 Å². The Bertz CT molecular complexity index is 339. The van der Waals surface area contributed by atoms with Gasteiger partial charge in [-0.05, 0) is 41.0 Å². The van der Waals surface area contributed by atoms with Crippen molar-refractivity contribution in [2.75, 3.05) is 19.7 Å². The molecule has 1 aliphatic heterocycles. The predicted octanol–water partition coefficient (Wildman–Crippen LogP) is 3.09. The van der Waals surface area contributed by atoms with Crippen molar-refractivity contribution in [1.29, 1.82) is 0 Å². The number of nitrogens with one attached hydrogen (secondary N) is 1. The molecule has 15 heavy (non-hydrogen) atoms. The van der Waals surface area contributed by atoms with Gasteiger partial charge in [-0.1, -0.05) is 17.7 Å². The van der Waals surface area contributed by atoms with Gasteiger partial charge in [0.2, 0.25) is 0 Å². The average molecular weight is 291 g/mol. The highest BCUT2D eigenvalue weighted by Gasteiger charge is 2.15. The average Bonchev–Trinajstić information content (AvgIpc) is 2.73. The largest absolute Gasteiger partial charge is 0.492 e. The molecule has 0 aliphatic carbocycles. The molecule has 1 heterocycles. The van der Waals surface area contributed by atoms with E-state index in [-0.39, 0.29) is 0 Å². The summed E-state index contributed by atoms with van der Waals surface area (Å²) in [5.41, 5.74) is 0. The van der Waals surface area contributed by atoms with E-state index in [1.54, 1.807) is 0 Å². The van der Waals surface area contributed by atoms with Crippen LogP contribution in [-0.4, -0.2) is 19.7 Å². The maximum Gasteiger partial charge on any atom is 0.139 e. The molecular formula is C11H13BrClNO. The van der Waals surface area contributed by atoms with Crippen LogP contribution in [0.3, 0.4) is 0 Å². The van der Waals surface area contributed by atoms with Gasteiger partial charge in [-0.3, -0.25) is 0 Å². The van der Waals surface area contributed by atoms with Crippen LogP contribution in [0.1, 0.15) is 6.42 Å². The van der Waals surface area contributed by atoms with E-state index in [0.29, 0.717) is 10.9 Å². The van der Waals surface area contributed by atoms with Crippen molar-refractivity contribution < 1.29 is 4.74 Å². The van der Waals surface area contributed by atoms with E-state index in [2.05, 4.69) is 21.2 Å². The van der Waals surface area contributed by atoms with E-state index >= 15 is 0 Å². The van der Waals surface area contributed by atoms with Gasteiger partial charge in [0, 0.05) is 16.9 Å². The molecule has 0 amide bonds. The lowest BCUT2D eigenvalue weighted by Gasteiger charge is -2.12. The topological polar surface area (TPSA) is 21.3 Å². The molecule has 4 heteroatoms. The molecule has 1 atom stereocenters. The third-order valence-corrected chi connectivity index (χ3v) is 3.83. The molecule has 1 aromatic carbocycles. The standard InChI is InChI=1S/C11H13BrClNO/c12-9-2-1-3-10(11(9)13)15-7-8-4-5-14-6-8/h1-3,8,14H,4-7H2/t8-/m0/s1. The number of ether oxygens (including phenoxy) is 1. The van der Waals surface area contributed by atoms with E-state index in [4.69, 9.17) is 16.3 Å². The highest BCUT2D eigenvalue weighted by atomic mass is 79.9. The number of hydrogen-bond donors (Lipinski definition) is 1. The zero-order valence-corrected chi connectivity index (χ0v) is 10.6. The first kappa shape index (κ1) is 11.2. The Morgan fingerprint density at radius 2 is 2.40 bits per heavy atom. The maximum absolute atomic E-state index is 6.09. The van der Waals surface area contributed by atoms with E-state index in [1.807, 2.05) is 18.2 Å². The minimum Gasteiger partial charge on any atom is -0.492 e. The number of benzene rings is 1. The van der Waals surface area contributed by atoms with Crippen LogP contribution in [0.5, 0.6) is 5.75 Å². The molecule has 82 valence electrons. The zero-order valence-electron chi connectivity index (χ0n) is 8.30. The van der Waals surface area contributed by atoms with Crippen molar-refractivity contribution in [2.24, 2.45) is 5.92 Å². The third-order valence-electron chi connectivity index (χ3n) is 2.55. The highest BCUT2D eigenvalue weighted by Crippen LogP contribution is 2.32. The fraction of sp³-hybridized carbons (Fsp3) is 0.455. The Balaban J connectivity index is 1.95. The second-order valence-corrected chi connectivity index (χ2v) is 4.95. The molecule has 1 aliphatic rings. The molecule has 0 aromatic heterocycles. The van der Waals surface area contributed by atoms with Crippen LogP contribution < -0.4 is 10.1 Å². The van der Waals surface area contributed by atoms with Gasteiger partial charge in [-0.2, -0.15) is 0 Å². The summed E-state index contributed by atoms with van der Waals surface area (Å²) in [5, 5.41) is 3.97. The fourth-order valence-electron chi connectivity index (χ4n) is 1.66. The zero-order chi connectivity index (χ0) is 10.7. The van der Waals surface area contributed by atoms with Crippen LogP contribution in [0, 0.1) is 5.92 Å². The third kappa shape index (κ3) is 2.86. The Kier molecular flexibility index (Phi) is 3.89. The minimum absolute atomic E-state index is 0.611. The molecule has 0 radical (unpaired) electrons. The van der Waals surface area contributed by atoms with Gasteiger partial charge in [-0.15, -0.1) is 0 Å². The van der Waals surface area contributed by atoms with Crippen molar-refractivity contribution in [3.8, 4) is 5.75 Å². The monoisotopic (exact) mass is 289 g/mol. The van der Waals surface area contributed by atoms with Crippen molar-refractivity contribution in [1.82, 2.24) is 5.32 Å². The molecular weight excluding hydrogens is 277 g/mol. The SMILES string of the molecule is Clc1c(Br)cccc1OC[C@H]1CCNC1. The van der Waals surface area contributed by atoms with E-state index in [1.165, 1.54) is 6.42 Å². The minimum atomic E-state index is 0.611. The normalized spacial score (nSPS) is 20.5. The van der Waals surface area contributed by atoms with Crippen LogP contribution in [0.25, 0.3) is 0 Å². The van der Waals surface area contributed by atoms with Crippen LogP contribution >= 0.6 is 27.5 Å². The summed E-state index contributed by atoms with van der Waals surface area (Å²) < 4.78 is 6.58. The highest BCUT2D eigenvalue weighted by molar-refractivity contribution is 9.10. The maximum atomic E-state index is 6.09. The van der Waals surface area contributed by atoms with Gasteiger partial charge in [0.1, 0.15) is 5.75 Å². The summed E-state index contributed by atoms with van der Waals surface area (Å²) in [6, 6.07) is 5.74. The van der Waals surface area contributed by atoms with Gasteiger partial charge in [0.25, 0.3) is 0 Å². The fourth-order valence-corrected chi connectivity index (χ4v) is 2.19. The summed E-state index contributed by atoms with van der Waals surface area (Å²) in [6.45, 7) is 2.88. The molecule has 2 nitrogen and oxygen atoms in total. The lowest BCUT2D eigenvalue weighted by molar-refractivity contribution is 0.260. The second-order valence-electron chi connectivity index (χ2n) is 3.72. The lowest BCUT2D eigenvalue weighted by atomic mass is 10.1. The first-order valence-corrected chi connectivity index (χ1v) is 6.22. The van der Waals surface area contributed by atoms with E-state index in [0.717, 1.165) is 29.9 Å². The van der Waals surface area contributed by atoms with Gasteiger partial charge >= 0.3 is 0 Å². The van der Waals surface area contributed by atoms with Crippen LogP contribution in [0.15, 0.2) is 22.7 Å². The predicted molar refractivity (Wildman–Crippen MR) is 65.6 cm³/mol. The van der Waals surface area contributed by atoms with Crippen LogP contribution in [0.2, 0.25) is 5.02 Å². The lowest BCUT2D eigenvalue weighted by Crippen LogP contribution is -2.15. The Labute approximate surface area is 103 Å². The smallest absolute Gasteiger partial charge is 0.139 e. The van der Waals surface area contributed by atoms with Gasteiger partial charge in [0.05, 0.1) is 11.6 Å². The number of halogens is 2. The molecule has 1 N–H and O–H groups in total. The summed E-state index contributed by atoms with van der Waals surface area (Å²) in [6.07, 6.45) is 1.19. The van der Waals surface area contributed by atoms with Gasteiger partial charge in [0.15, 0.2) is 0 Å². The summed E-state index contributed by atoms with van der Waals surface area (Å²) in [5.74, 6) is 1.37. The Morgan fingerprint density at radius 1 is 1.53 bits per heavy atom. The molecule has 1 fully saturated rings. The number of rotatable bonds is 3. The molecule has 2 rings (SSSR count). The summed E-state index contributed by atoms with van der Waals surface area (Å²) in [4.78, 5) is 0. The van der Waals surface area contributed by atoms with Crippen LogP contribution in [-0.2, 0) is 0 Å². The van der Waals surface area contributed by atoms with Crippen molar-refractivity contribution in [2.45, 2.75) is 6.42 Å². The Morgan fingerprint density at radius 3 is 3.13 bits per heavy atom. The van der Waals surface area contributed by atoms with Crippen molar-refractivity contribution in [3.63, 3.8) is 0 Å². The summed E-state index contributed by atoms with van der Waals surface area (Å²) in [7, 11) is 0. The van der Waals surface area contributed by atoms with E-state index < -0.39 is 0 Å². The quantitative estimate of drug-likeness (QED) is 0.924. The first-order chi connectivity index (χ1) is 7.27.